The molecule has 4 rings (SSSR count). The van der Waals surface area contributed by atoms with Crippen LogP contribution in [0.3, 0.4) is 0 Å². The number of methoxy groups -OCH3 is 2. The van der Waals surface area contributed by atoms with Crippen LogP contribution in [-0.4, -0.2) is 44.4 Å². The normalized spacial score (nSPS) is 16.8. The van der Waals surface area contributed by atoms with E-state index in [2.05, 4.69) is 56.4 Å². The summed E-state index contributed by atoms with van der Waals surface area (Å²) < 4.78 is 20.8. The molecule has 0 aromatic heterocycles. The fourth-order valence-corrected chi connectivity index (χ4v) is 6.00. The first-order valence-electron chi connectivity index (χ1n) is 11.9. The number of hydrogen-bond acceptors (Lipinski definition) is 6. The van der Waals surface area contributed by atoms with Crippen molar-refractivity contribution in [1.29, 1.82) is 0 Å². The number of rotatable bonds is 8. The van der Waals surface area contributed by atoms with Crippen LogP contribution < -0.4 is 18.9 Å². The third-order valence-electron chi connectivity index (χ3n) is 7.02. The SMILES string of the molecule is COc1cc2c(cc1OC)CN(CCCNSc1c(C)c(C)c3c(c1C)CC(C)(C)O3)CC2. The molecule has 2 heterocycles. The van der Waals surface area contributed by atoms with Crippen LogP contribution in [0.2, 0.25) is 0 Å². The van der Waals surface area contributed by atoms with Crippen molar-refractivity contribution in [1.82, 2.24) is 9.62 Å². The molecule has 1 N–H and O–H groups in total. The Balaban J connectivity index is 1.30. The summed E-state index contributed by atoms with van der Waals surface area (Å²) in [6.07, 6.45) is 3.16. The van der Waals surface area contributed by atoms with Crippen molar-refractivity contribution in [3.8, 4) is 17.2 Å². The lowest BCUT2D eigenvalue weighted by atomic mass is 9.94. The number of ether oxygens (including phenoxy) is 3. The quantitative estimate of drug-likeness (QED) is 0.412. The lowest BCUT2D eigenvalue weighted by Crippen LogP contribution is -2.32. The van der Waals surface area contributed by atoms with Gasteiger partial charge in [-0.05, 0) is 106 Å². The number of fused-ring (bicyclic) bond motifs is 2. The van der Waals surface area contributed by atoms with Crippen LogP contribution in [0.25, 0.3) is 0 Å². The van der Waals surface area contributed by atoms with Gasteiger partial charge in [0.05, 0.1) is 14.2 Å². The standard InChI is InChI=1S/C27H38N2O3S/c1-17-18(2)26(19(3)22-15-27(4,5)32-25(17)22)33-28-10-8-11-29-12-9-20-13-23(30-6)24(31-7)14-21(20)16-29/h13-14,28H,8-12,15-16H2,1-7H3. The van der Waals surface area contributed by atoms with Crippen molar-refractivity contribution in [3.63, 3.8) is 0 Å². The van der Waals surface area contributed by atoms with Gasteiger partial charge < -0.3 is 14.2 Å². The van der Waals surface area contributed by atoms with Crippen LogP contribution in [0.5, 0.6) is 17.2 Å². The molecular formula is C27H38N2O3S. The Bertz CT molecular complexity index is 1040. The lowest BCUT2D eigenvalue weighted by Gasteiger charge is -2.29. The summed E-state index contributed by atoms with van der Waals surface area (Å²) in [6, 6.07) is 4.28. The second-order valence-corrected chi connectivity index (χ2v) is 10.8. The Morgan fingerprint density at radius 1 is 1.03 bits per heavy atom. The maximum atomic E-state index is 6.25. The summed E-state index contributed by atoms with van der Waals surface area (Å²) in [6.45, 7) is 15.1. The summed E-state index contributed by atoms with van der Waals surface area (Å²) in [5.41, 5.74) is 7.99. The van der Waals surface area contributed by atoms with Crippen LogP contribution in [0.4, 0.5) is 0 Å². The first-order valence-corrected chi connectivity index (χ1v) is 12.7. The van der Waals surface area contributed by atoms with E-state index in [1.807, 2.05) is 0 Å². The van der Waals surface area contributed by atoms with Crippen LogP contribution in [0.15, 0.2) is 17.0 Å². The van der Waals surface area contributed by atoms with Gasteiger partial charge in [0, 0.05) is 36.5 Å². The monoisotopic (exact) mass is 470 g/mol. The zero-order valence-electron chi connectivity index (χ0n) is 21.2. The topological polar surface area (TPSA) is 43.0 Å². The first-order chi connectivity index (χ1) is 15.7. The van der Waals surface area contributed by atoms with Crippen LogP contribution >= 0.6 is 11.9 Å². The van der Waals surface area contributed by atoms with Crippen molar-refractivity contribution in [2.75, 3.05) is 33.9 Å². The summed E-state index contributed by atoms with van der Waals surface area (Å²) in [7, 11) is 3.40. The van der Waals surface area contributed by atoms with Crippen molar-refractivity contribution < 1.29 is 14.2 Å². The molecule has 0 fully saturated rings. The van der Waals surface area contributed by atoms with Gasteiger partial charge in [-0.15, -0.1) is 0 Å². The predicted molar refractivity (Wildman–Crippen MR) is 136 cm³/mol. The van der Waals surface area contributed by atoms with Gasteiger partial charge >= 0.3 is 0 Å². The summed E-state index contributed by atoms with van der Waals surface area (Å²) in [4.78, 5) is 3.90. The molecule has 180 valence electrons. The minimum atomic E-state index is -0.108. The number of hydrogen-bond donors (Lipinski definition) is 1. The molecule has 33 heavy (non-hydrogen) atoms. The van der Waals surface area contributed by atoms with Crippen molar-refractivity contribution >= 4 is 11.9 Å². The van der Waals surface area contributed by atoms with E-state index in [1.165, 1.54) is 38.3 Å². The van der Waals surface area contributed by atoms with E-state index in [0.717, 1.165) is 62.7 Å². The smallest absolute Gasteiger partial charge is 0.161 e. The predicted octanol–water partition coefficient (Wildman–Crippen LogP) is 5.39. The van der Waals surface area contributed by atoms with E-state index < -0.39 is 0 Å². The number of nitrogens with one attached hydrogen (secondary N) is 1. The molecule has 5 nitrogen and oxygen atoms in total. The Hall–Kier alpha value is -1.89. The molecule has 2 aromatic rings. The lowest BCUT2D eigenvalue weighted by molar-refractivity contribution is 0.137. The van der Waals surface area contributed by atoms with Gasteiger partial charge in [0.1, 0.15) is 11.4 Å². The van der Waals surface area contributed by atoms with E-state index >= 15 is 0 Å². The van der Waals surface area contributed by atoms with Gasteiger partial charge in [0.2, 0.25) is 0 Å². The molecule has 2 aliphatic heterocycles. The molecule has 0 radical (unpaired) electrons. The minimum Gasteiger partial charge on any atom is -0.493 e. The van der Waals surface area contributed by atoms with Crippen molar-refractivity contribution in [2.24, 2.45) is 0 Å². The molecule has 0 unspecified atom stereocenters. The van der Waals surface area contributed by atoms with Crippen molar-refractivity contribution in [2.45, 2.75) is 70.9 Å². The zero-order chi connectivity index (χ0) is 23.8. The summed E-state index contributed by atoms with van der Waals surface area (Å²) in [5.74, 6) is 2.76. The van der Waals surface area contributed by atoms with E-state index in [9.17, 15) is 0 Å². The Labute approximate surface area is 203 Å². The Morgan fingerprint density at radius 3 is 2.42 bits per heavy atom. The molecule has 0 atom stereocenters. The van der Waals surface area contributed by atoms with Gasteiger partial charge in [-0.3, -0.25) is 9.62 Å². The first kappa shape index (κ1) is 24.2. The molecule has 0 spiro atoms. The minimum absolute atomic E-state index is 0.108. The average Bonchev–Trinajstić information content (AvgIpc) is 3.14. The molecule has 0 saturated heterocycles. The van der Waals surface area contributed by atoms with Crippen LogP contribution in [0.1, 0.15) is 53.6 Å². The number of benzene rings is 2. The third kappa shape index (κ3) is 4.98. The van der Waals surface area contributed by atoms with Gasteiger partial charge in [0.25, 0.3) is 0 Å². The maximum Gasteiger partial charge on any atom is 0.161 e. The third-order valence-corrected chi connectivity index (χ3v) is 8.18. The van der Waals surface area contributed by atoms with Crippen LogP contribution in [0, 0.1) is 20.8 Å². The average molecular weight is 471 g/mol. The van der Waals surface area contributed by atoms with Crippen molar-refractivity contribution in [3.05, 3.63) is 45.5 Å². The molecule has 6 heteroatoms. The highest BCUT2D eigenvalue weighted by molar-refractivity contribution is 7.97. The molecule has 0 saturated carbocycles. The van der Waals surface area contributed by atoms with Gasteiger partial charge in [0.15, 0.2) is 11.5 Å². The fraction of sp³-hybridized carbons (Fsp3) is 0.556. The Morgan fingerprint density at radius 2 is 1.73 bits per heavy atom. The molecular weight excluding hydrogens is 432 g/mol. The molecule has 0 amide bonds. The van der Waals surface area contributed by atoms with Crippen LogP contribution in [-0.2, 0) is 19.4 Å². The van der Waals surface area contributed by atoms with E-state index in [0.29, 0.717) is 0 Å². The van der Waals surface area contributed by atoms with Gasteiger partial charge in [-0.25, -0.2) is 0 Å². The number of nitrogens with zero attached hydrogens (tertiary/aromatic N) is 1. The highest BCUT2D eigenvalue weighted by Crippen LogP contribution is 2.44. The second kappa shape index (κ2) is 9.77. The van der Waals surface area contributed by atoms with Gasteiger partial charge in [-0.2, -0.15) is 0 Å². The second-order valence-electron chi connectivity index (χ2n) is 9.90. The fourth-order valence-electron chi connectivity index (χ4n) is 5.03. The molecule has 2 aliphatic rings. The van der Waals surface area contributed by atoms with E-state index in [-0.39, 0.29) is 5.60 Å². The summed E-state index contributed by atoms with van der Waals surface area (Å²) >= 11 is 1.78. The molecule has 0 bridgehead atoms. The molecule has 0 aliphatic carbocycles. The Kier molecular flexibility index (Phi) is 7.18. The zero-order valence-corrected chi connectivity index (χ0v) is 22.0. The van der Waals surface area contributed by atoms with Gasteiger partial charge in [-0.1, -0.05) is 0 Å². The highest BCUT2D eigenvalue weighted by atomic mass is 32.2. The molecule has 2 aromatic carbocycles. The van der Waals surface area contributed by atoms with E-state index in [4.69, 9.17) is 14.2 Å². The summed E-state index contributed by atoms with van der Waals surface area (Å²) in [5, 5.41) is 0. The maximum absolute atomic E-state index is 6.25. The van der Waals surface area contributed by atoms with E-state index in [1.54, 1.807) is 26.2 Å². The highest BCUT2D eigenvalue weighted by Gasteiger charge is 2.34. The largest absolute Gasteiger partial charge is 0.493 e.